The molecule has 0 fully saturated rings. The summed E-state index contributed by atoms with van der Waals surface area (Å²) < 4.78 is 10.7. The van der Waals surface area contributed by atoms with Gasteiger partial charge in [0.1, 0.15) is 11.5 Å². The SMILES string of the molecule is COc1ccccc1NC(=O)COc1cccc(N)c1C. The quantitative estimate of drug-likeness (QED) is 0.829. The predicted molar refractivity (Wildman–Crippen MR) is 82.7 cm³/mol. The largest absolute Gasteiger partial charge is 0.495 e. The molecule has 0 unspecified atom stereocenters. The van der Waals surface area contributed by atoms with Gasteiger partial charge < -0.3 is 20.5 Å². The fourth-order valence-corrected chi connectivity index (χ4v) is 1.87. The minimum atomic E-state index is -0.263. The second kappa shape index (κ2) is 6.65. The number of nitrogens with two attached hydrogens (primary N) is 1. The number of ether oxygens (including phenoxy) is 2. The summed E-state index contributed by atoms with van der Waals surface area (Å²) in [6.45, 7) is 1.76. The Morgan fingerprint density at radius 1 is 1.14 bits per heavy atom. The molecule has 5 nitrogen and oxygen atoms in total. The van der Waals surface area contributed by atoms with E-state index in [0.717, 1.165) is 5.56 Å². The molecule has 0 heterocycles. The first-order valence-corrected chi connectivity index (χ1v) is 6.52. The van der Waals surface area contributed by atoms with Crippen molar-refractivity contribution in [2.45, 2.75) is 6.92 Å². The Kier molecular flexibility index (Phi) is 4.66. The third kappa shape index (κ3) is 3.66. The van der Waals surface area contributed by atoms with Gasteiger partial charge in [-0.25, -0.2) is 0 Å². The molecular weight excluding hydrogens is 268 g/mol. The van der Waals surface area contributed by atoms with Gasteiger partial charge >= 0.3 is 0 Å². The molecule has 0 spiro atoms. The maximum absolute atomic E-state index is 11.9. The van der Waals surface area contributed by atoms with Crippen molar-refractivity contribution in [3.05, 3.63) is 48.0 Å². The highest BCUT2D eigenvalue weighted by Gasteiger charge is 2.09. The number of benzene rings is 2. The lowest BCUT2D eigenvalue weighted by Crippen LogP contribution is -2.20. The number of amides is 1. The third-order valence-corrected chi connectivity index (χ3v) is 3.07. The molecule has 3 N–H and O–H groups in total. The maximum atomic E-state index is 11.9. The first-order chi connectivity index (χ1) is 10.1. The van der Waals surface area contributed by atoms with Crippen LogP contribution >= 0.6 is 0 Å². The van der Waals surface area contributed by atoms with Gasteiger partial charge in [-0.05, 0) is 31.2 Å². The molecule has 0 saturated carbocycles. The molecule has 21 heavy (non-hydrogen) atoms. The Hall–Kier alpha value is -2.69. The monoisotopic (exact) mass is 286 g/mol. The van der Waals surface area contributed by atoms with Gasteiger partial charge in [0.25, 0.3) is 5.91 Å². The number of rotatable bonds is 5. The Labute approximate surface area is 123 Å². The number of nitrogen functional groups attached to an aromatic ring is 1. The van der Waals surface area contributed by atoms with E-state index in [2.05, 4.69) is 5.32 Å². The van der Waals surface area contributed by atoms with E-state index >= 15 is 0 Å². The molecule has 0 saturated heterocycles. The fraction of sp³-hybridized carbons (Fsp3) is 0.188. The van der Waals surface area contributed by atoms with Gasteiger partial charge in [0, 0.05) is 11.3 Å². The molecule has 5 heteroatoms. The minimum Gasteiger partial charge on any atom is -0.495 e. The number of hydrogen-bond donors (Lipinski definition) is 2. The van der Waals surface area contributed by atoms with Gasteiger partial charge in [-0.3, -0.25) is 4.79 Å². The zero-order valence-electron chi connectivity index (χ0n) is 12.1. The van der Waals surface area contributed by atoms with Crippen LogP contribution in [0.25, 0.3) is 0 Å². The number of nitrogens with one attached hydrogen (secondary N) is 1. The van der Waals surface area contributed by atoms with E-state index in [1.807, 2.05) is 19.1 Å². The van der Waals surface area contributed by atoms with Crippen LogP contribution in [0.15, 0.2) is 42.5 Å². The zero-order valence-corrected chi connectivity index (χ0v) is 12.1. The van der Waals surface area contributed by atoms with Crippen molar-refractivity contribution in [2.75, 3.05) is 24.8 Å². The van der Waals surface area contributed by atoms with E-state index in [0.29, 0.717) is 22.9 Å². The average molecular weight is 286 g/mol. The van der Waals surface area contributed by atoms with Gasteiger partial charge in [0.2, 0.25) is 0 Å². The van der Waals surface area contributed by atoms with Crippen LogP contribution in [0.2, 0.25) is 0 Å². The van der Waals surface area contributed by atoms with Gasteiger partial charge in [-0.15, -0.1) is 0 Å². The summed E-state index contributed by atoms with van der Waals surface area (Å²) in [7, 11) is 1.55. The van der Waals surface area contributed by atoms with Crippen LogP contribution in [0.3, 0.4) is 0 Å². The second-order valence-corrected chi connectivity index (χ2v) is 4.51. The smallest absolute Gasteiger partial charge is 0.262 e. The summed E-state index contributed by atoms with van der Waals surface area (Å²) in [5.74, 6) is 0.942. The van der Waals surface area contributed by atoms with Gasteiger partial charge in [0.05, 0.1) is 12.8 Å². The predicted octanol–water partition coefficient (Wildman–Crippen LogP) is 2.60. The summed E-state index contributed by atoms with van der Waals surface area (Å²) in [6, 6.07) is 12.6. The van der Waals surface area contributed by atoms with Crippen molar-refractivity contribution in [1.29, 1.82) is 0 Å². The van der Waals surface area contributed by atoms with Gasteiger partial charge in [-0.2, -0.15) is 0 Å². The molecule has 2 aromatic carbocycles. The van der Waals surface area contributed by atoms with E-state index in [1.54, 1.807) is 37.4 Å². The number of methoxy groups -OCH3 is 1. The highest BCUT2D eigenvalue weighted by Crippen LogP contribution is 2.24. The Morgan fingerprint density at radius 3 is 2.62 bits per heavy atom. The van der Waals surface area contributed by atoms with Crippen molar-refractivity contribution in [2.24, 2.45) is 0 Å². The number of carbonyl (C=O) groups excluding carboxylic acids is 1. The highest BCUT2D eigenvalue weighted by atomic mass is 16.5. The highest BCUT2D eigenvalue weighted by molar-refractivity contribution is 5.93. The summed E-state index contributed by atoms with van der Waals surface area (Å²) in [5.41, 5.74) is 7.86. The first kappa shape index (κ1) is 14.7. The Bertz CT molecular complexity index is 641. The summed E-state index contributed by atoms with van der Waals surface area (Å²) in [6.07, 6.45) is 0. The summed E-state index contributed by atoms with van der Waals surface area (Å²) >= 11 is 0. The molecule has 0 radical (unpaired) electrons. The minimum absolute atomic E-state index is 0.0949. The van der Waals surface area contributed by atoms with E-state index < -0.39 is 0 Å². The van der Waals surface area contributed by atoms with Gasteiger partial charge in [-0.1, -0.05) is 18.2 Å². The first-order valence-electron chi connectivity index (χ1n) is 6.52. The summed E-state index contributed by atoms with van der Waals surface area (Å²) in [4.78, 5) is 11.9. The number of hydrogen-bond acceptors (Lipinski definition) is 4. The van der Waals surface area contributed by atoms with Crippen molar-refractivity contribution < 1.29 is 14.3 Å². The van der Waals surface area contributed by atoms with Crippen molar-refractivity contribution in [1.82, 2.24) is 0 Å². The zero-order chi connectivity index (χ0) is 15.2. The van der Waals surface area contributed by atoms with Gasteiger partial charge in [0.15, 0.2) is 6.61 Å². The standard InChI is InChI=1S/C16H18N2O3/c1-11-12(17)6-5-9-14(11)21-10-16(19)18-13-7-3-4-8-15(13)20-2/h3-9H,10,17H2,1-2H3,(H,18,19). The second-order valence-electron chi connectivity index (χ2n) is 4.51. The molecule has 0 bridgehead atoms. The lowest BCUT2D eigenvalue weighted by atomic mass is 10.2. The van der Waals surface area contributed by atoms with Crippen LogP contribution in [0, 0.1) is 6.92 Å². The molecular formula is C16H18N2O3. The normalized spacial score (nSPS) is 10.0. The average Bonchev–Trinajstić information content (AvgIpc) is 2.49. The van der Waals surface area contributed by atoms with Crippen LogP contribution in [0.5, 0.6) is 11.5 Å². The van der Waals surface area contributed by atoms with Crippen LogP contribution in [-0.4, -0.2) is 19.6 Å². The van der Waals surface area contributed by atoms with Crippen LogP contribution in [0.4, 0.5) is 11.4 Å². The molecule has 2 rings (SSSR count). The lowest BCUT2D eigenvalue weighted by molar-refractivity contribution is -0.118. The molecule has 0 aliphatic heterocycles. The van der Waals surface area contributed by atoms with Crippen molar-refractivity contribution in [3.63, 3.8) is 0 Å². The van der Waals surface area contributed by atoms with Crippen LogP contribution < -0.4 is 20.5 Å². The molecule has 0 atom stereocenters. The molecule has 110 valence electrons. The van der Waals surface area contributed by atoms with Crippen LogP contribution in [-0.2, 0) is 4.79 Å². The lowest BCUT2D eigenvalue weighted by Gasteiger charge is -2.12. The summed E-state index contributed by atoms with van der Waals surface area (Å²) in [5, 5.41) is 2.75. The number of anilines is 2. The van der Waals surface area contributed by atoms with E-state index in [1.165, 1.54) is 0 Å². The molecule has 2 aromatic rings. The molecule has 0 aromatic heterocycles. The fourth-order valence-electron chi connectivity index (χ4n) is 1.87. The molecule has 1 amide bonds. The van der Waals surface area contributed by atoms with Crippen LogP contribution in [0.1, 0.15) is 5.56 Å². The Morgan fingerprint density at radius 2 is 1.86 bits per heavy atom. The number of carbonyl (C=O) groups is 1. The Balaban J connectivity index is 1.98. The maximum Gasteiger partial charge on any atom is 0.262 e. The van der Waals surface area contributed by atoms with E-state index in [9.17, 15) is 4.79 Å². The van der Waals surface area contributed by atoms with Crippen molar-refractivity contribution >= 4 is 17.3 Å². The molecule has 0 aliphatic rings. The molecule has 0 aliphatic carbocycles. The third-order valence-electron chi connectivity index (χ3n) is 3.07. The number of para-hydroxylation sites is 2. The van der Waals surface area contributed by atoms with E-state index in [4.69, 9.17) is 15.2 Å². The van der Waals surface area contributed by atoms with E-state index in [-0.39, 0.29) is 12.5 Å². The van der Waals surface area contributed by atoms with Crippen molar-refractivity contribution in [3.8, 4) is 11.5 Å². The topological polar surface area (TPSA) is 73.6 Å².